The SMILES string of the molecule is COc1cc(C(=O)NC(C2CC2)C2CC2)cc(OC)c1OC. The van der Waals surface area contributed by atoms with Crippen LogP contribution in [0.4, 0.5) is 0 Å². The van der Waals surface area contributed by atoms with Crippen molar-refractivity contribution in [3.8, 4) is 17.2 Å². The second-order valence-corrected chi connectivity index (χ2v) is 6.09. The number of carbonyl (C=O) groups is 1. The maximum absolute atomic E-state index is 12.6. The first-order chi connectivity index (χ1) is 10.7. The van der Waals surface area contributed by atoms with E-state index < -0.39 is 0 Å². The van der Waals surface area contributed by atoms with E-state index in [1.165, 1.54) is 25.7 Å². The summed E-state index contributed by atoms with van der Waals surface area (Å²) in [4.78, 5) is 12.6. The minimum Gasteiger partial charge on any atom is -0.493 e. The standard InChI is InChI=1S/C17H23NO4/c1-20-13-8-12(9-14(21-2)16(13)22-3)17(19)18-15(10-4-5-10)11-6-7-11/h8-11,15H,4-7H2,1-3H3,(H,18,19). The third-order valence-corrected chi connectivity index (χ3v) is 4.48. The molecule has 1 aromatic rings. The third-order valence-electron chi connectivity index (χ3n) is 4.48. The minimum absolute atomic E-state index is 0.0666. The zero-order chi connectivity index (χ0) is 15.7. The molecule has 0 spiro atoms. The van der Waals surface area contributed by atoms with Crippen LogP contribution >= 0.6 is 0 Å². The van der Waals surface area contributed by atoms with Crippen LogP contribution in [0.1, 0.15) is 36.0 Å². The van der Waals surface area contributed by atoms with Gasteiger partial charge < -0.3 is 19.5 Å². The highest BCUT2D eigenvalue weighted by molar-refractivity contribution is 5.96. The lowest BCUT2D eigenvalue weighted by molar-refractivity contribution is 0.0925. The molecule has 1 amide bonds. The number of rotatable bonds is 7. The molecule has 0 saturated heterocycles. The molecule has 120 valence electrons. The normalized spacial score (nSPS) is 17.3. The Labute approximate surface area is 130 Å². The number of methoxy groups -OCH3 is 3. The predicted octanol–water partition coefficient (Wildman–Crippen LogP) is 2.63. The Balaban J connectivity index is 1.81. The number of carbonyl (C=O) groups excluding carboxylic acids is 1. The third kappa shape index (κ3) is 2.98. The van der Waals surface area contributed by atoms with Gasteiger partial charge in [-0.3, -0.25) is 4.79 Å². The van der Waals surface area contributed by atoms with E-state index in [9.17, 15) is 4.79 Å². The Morgan fingerprint density at radius 1 is 1.00 bits per heavy atom. The lowest BCUT2D eigenvalue weighted by atomic mass is 10.1. The first-order valence-corrected chi connectivity index (χ1v) is 7.78. The maximum Gasteiger partial charge on any atom is 0.251 e. The number of benzene rings is 1. The topological polar surface area (TPSA) is 56.8 Å². The van der Waals surface area contributed by atoms with Gasteiger partial charge >= 0.3 is 0 Å². The Morgan fingerprint density at radius 2 is 1.50 bits per heavy atom. The van der Waals surface area contributed by atoms with E-state index in [1.807, 2.05) is 0 Å². The molecule has 0 heterocycles. The Bertz CT molecular complexity index is 527. The fraction of sp³-hybridized carbons (Fsp3) is 0.588. The van der Waals surface area contributed by atoms with Gasteiger partial charge in [0.25, 0.3) is 5.91 Å². The van der Waals surface area contributed by atoms with Gasteiger partial charge in [-0.15, -0.1) is 0 Å². The molecule has 22 heavy (non-hydrogen) atoms. The Kier molecular flexibility index (Phi) is 4.14. The van der Waals surface area contributed by atoms with E-state index in [0.717, 1.165) is 0 Å². The molecule has 3 rings (SSSR count). The van der Waals surface area contributed by atoms with E-state index in [0.29, 0.717) is 40.7 Å². The largest absolute Gasteiger partial charge is 0.493 e. The lowest BCUT2D eigenvalue weighted by Crippen LogP contribution is -2.38. The molecule has 5 nitrogen and oxygen atoms in total. The Hall–Kier alpha value is -1.91. The van der Waals surface area contributed by atoms with E-state index in [4.69, 9.17) is 14.2 Å². The summed E-state index contributed by atoms with van der Waals surface area (Å²) in [6.07, 6.45) is 4.93. The van der Waals surface area contributed by atoms with Crippen molar-refractivity contribution in [2.45, 2.75) is 31.7 Å². The molecule has 0 aromatic heterocycles. The fourth-order valence-electron chi connectivity index (χ4n) is 2.98. The van der Waals surface area contributed by atoms with Crippen molar-refractivity contribution < 1.29 is 19.0 Å². The highest BCUT2D eigenvalue weighted by Gasteiger charge is 2.42. The molecule has 2 fully saturated rings. The van der Waals surface area contributed by atoms with Gasteiger partial charge in [0.2, 0.25) is 5.75 Å². The smallest absolute Gasteiger partial charge is 0.251 e. The van der Waals surface area contributed by atoms with E-state index >= 15 is 0 Å². The van der Waals surface area contributed by atoms with Crippen LogP contribution in [0.2, 0.25) is 0 Å². The zero-order valence-electron chi connectivity index (χ0n) is 13.3. The van der Waals surface area contributed by atoms with Crippen LogP contribution in [0.3, 0.4) is 0 Å². The summed E-state index contributed by atoms with van der Waals surface area (Å²) in [6, 6.07) is 3.73. The first kappa shape index (κ1) is 15.0. The summed E-state index contributed by atoms with van der Waals surface area (Å²) in [5.74, 6) is 2.77. The predicted molar refractivity (Wildman–Crippen MR) is 82.8 cm³/mol. The van der Waals surface area contributed by atoms with Crippen molar-refractivity contribution in [3.05, 3.63) is 17.7 Å². The average molecular weight is 305 g/mol. The molecule has 0 radical (unpaired) electrons. The highest BCUT2D eigenvalue weighted by Crippen LogP contribution is 2.45. The molecule has 0 unspecified atom stereocenters. The molecule has 2 aliphatic carbocycles. The van der Waals surface area contributed by atoms with Crippen molar-refractivity contribution in [1.82, 2.24) is 5.32 Å². The molecule has 0 bridgehead atoms. The van der Waals surface area contributed by atoms with Gasteiger partial charge in [-0.25, -0.2) is 0 Å². The average Bonchev–Trinajstić information content (AvgIpc) is 3.42. The maximum atomic E-state index is 12.6. The van der Waals surface area contributed by atoms with Crippen molar-refractivity contribution >= 4 is 5.91 Å². The monoisotopic (exact) mass is 305 g/mol. The van der Waals surface area contributed by atoms with Crippen LogP contribution in [0.15, 0.2) is 12.1 Å². The van der Waals surface area contributed by atoms with E-state index in [1.54, 1.807) is 33.5 Å². The second kappa shape index (κ2) is 6.07. The second-order valence-electron chi connectivity index (χ2n) is 6.09. The van der Waals surface area contributed by atoms with E-state index in [-0.39, 0.29) is 5.91 Å². The van der Waals surface area contributed by atoms with Crippen molar-refractivity contribution in [3.63, 3.8) is 0 Å². The minimum atomic E-state index is -0.0666. The van der Waals surface area contributed by atoms with Crippen LogP contribution in [-0.4, -0.2) is 33.3 Å². The summed E-state index contributed by atoms with van der Waals surface area (Å²) in [5, 5.41) is 3.21. The summed E-state index contributed by atoms with van der Waals surface area (Å²) in [6.45, 7) is 0. The highest BCUT2D eigenvalue weighted by atomic mass is 16.5. The summed E-state index contributed by atoms with van der Waals surface area (Å²) in [5.41, 5.74) is 0.542. The molecule has 2 aliphatic rings. The number of nitrogens with one attached hydrogen (secondary N) is 1. The lowest BCUT2D eigenvalue weighted by Gasteiger charge is -2.19. The van der Waals surface area contributed by atoms with Crippen LogP contribution in [-0.2, 0) is 0 Å². The zero-order valence-corrected chi connectivity index (χ0v) is 13.3. The first-order valence-electron chi connectivity index (χ1n) is 7.78. The van der Waals surface area contributed by atoms with Crippen LogP contribution in [0.25, 0.3) is 0 Å². The molecule has 5 heteroatoms. The number of ether oxygens (including phenoxy) is 3. The molecule has 0 aliphatic heterocycles. The molecule has 2 saturated carbocycles. The summed E-state index contributed by atoms with van der Waals surface area (Å²) < 4.78 is 15.9. The van der Waals surface area contributed by atoms with Gasteiger partial charge in [0.05, 0.1) is 21.3 Å². The quantitative estimate of drug-likeness (QED) is 0.841. The number of hydrogen-bond donors (Lipinski definition) is 1. The van der Waals surface area contributed by atoms with Crippen LogP contribution in [0.5, 0.6) is 17.2 Å². The van der Waals surface area contributed by atoms with Crippen molar-refractivity contribution in [2.24, 2.45) is 11.8 Å². The van der Waals surface area contributed by atoms with Gasteiger partial charge in [0.15, 0.2) is 11.5 Å². The van der Waals surface area contributed by atoms with Gasteiger partial charge in [-0.2, -0.15) is 0 Å². The van der Waals surface area contributed by atoms with Crippen molar-refractivity contribution in [2.75, 3.05) is 21.3 Å². The van der Waals surface area contributed by atoms with E-state index in [2.05, 4.69) is 5.32 Å². The summed E-state index contributed by atoms with van der Waals surface area (Å²) in [7, 11) is 4.66. The van der Waals surface area contributed by atoms with Gasteiger partial charge in [0.1, 0.15) is 0 Å². The van der Waals surface area contributed by atoms with Crippen LogP contribution in [0, 0.1) is 11.8 Å². The fourth-order valence-corrected chi connectivity index (χ4v) is 2.98. The Morgan fingerprint density at radius 3 is 1.86 bits per heavy atom. The molecule has 1 aromatic carbocycles. The number of amides is 1. The van der Waals surface area contributed by atoms with Crippen molar-refractivity contribution in [1.29, 1.82) is 0 Å². The summed E-state index contributed by atoms with van der Waals surface area (Å²) >= 11 is 0. The molecule has 0 atom stereocenters. The van der Waals surface area contributed by atoms with Gasteiger partial charge in [-0.1, -0.05) is 0 Å². The van der Waals surface area contributed by atoms with Gasteiger partial charge in [-0.05, 0) is 49.7 Å². The molecule has 1 N–H and O–H groups in total. The van der Waals surface area contributed by atoms with Crippen LogP contribution < -0.4 is 19.5 Å². The van der Waals surface area contributed by atoms with Gasteiger partial charge in [0, 0.05) is 11.6 Å². The molecular weight excluding hydrogens is 282 g/mol. The molecular formula is C17H23NO4. The number of hydrogen-bond acceptors (Lipinski definition) is 4.